The third-order valence-electron chi connectivity index (χ3n) is 5.33. The first-order valence-electron chi connectivity index (χ1n) is 10.5. The highest BCUT2D eigenvalue weighted by atomic mass is 35.5. The number of hydrogen-bond donors (Lipinski definition) is 1. The number of nitrogens with zero attached hydrogens (tertiary/aromatic N) is 5. The largest absolute Gasteiger partial charge is 0.382 e. The fourth-order valence-corrected chi connectivity index (χ4v) is 3.82. The number of rotatable bonds is 7. The average Bonchev–Trinajstić information content (AvgIpc) is 2.83. The molecule has 0 spiro atoms. The molecule has 32 heavy (non-hydrogen) atoms. The van der Waals surface area contributed by atoms with Gasteiger partial charge in [-0.3, -0.25) is 4.79 Å². The summed E-state index contributed by atoms with van der Waals surface area (Å²) in [5.41, 5.74) is 1.48. The molecular weight excluding hydrogens is 435 g/mol. The molecule has 1 aromatic carbocycles. The van der Waals surface area contributed by atoms with Gasteiger partial charge in [-0.1, -0.05) is 11.6 Å². The van der Waals surface area contributed by atoms with E-state index in [1.807, 2.05) is 24.0 Å². The summed E-state index contributed by atoms with van der Waals surface area (Å²) in [6, 6.07) is 7.17. The summed E-state index contributed by atoms with van der Waals surface area (Å²) in [4.78, 5) is 22.7. The minimum absolute atomic E-state index is 0.0932. The SMILES string of the molecule is CCN(c1ccc(-n2ncc(NCC3CCCOC3)c(Cl)c2=O)cc1)c1ncc(F)cn1. The Morgan fingerprint density at radius 1 is 1.25 bits per heavy atom. The molecule has 0 aliphatic carbocycles. The zero-order chi connectivity index (χ0) is 22.5. The van der Waals surface area contributed by atoms with Crippen molar-refractivity contribution in [3.8, 4) is 5.69 Å². The van der Waals surface area contributed by atoms with Gasteiger partial charge in [0, 0.05) is 25.4 Å². The van der Waals surface area contributed by atoms with E-state index in [0.29, 0.717) is 42.9 Å². The van der Waals surface area contributed by atoms with Crippen molar-refractivity contribution in [1.29, 1.82) is 0 Å². The quantitative estimate of drug-likeness (QED) is 0.576. The molecule has 1 N–H and O–H groups in total. The second-order valence-corrected chi connectivity index (χ2v) is 7.89. The first-order chi connectivity index (χ1) is 15.6. The zero-order valence-corrected chi connectivity index (χ0v) is 18.4. The molecule has 3 aromatic rings. The van der Waals surface area contributed by atoms with Crippen LogP contribution in [0.3, 0.4) is 0 Å². The molecule has 1 fully saturated rings. The molecule has 0 radical (unpaired) electrons. The van der Waals surface area contributed by atoms with Crippen LogP contribution in [0.15, 0.2) is 47.7 Å². The maximum Gasteiger partial charge on any atom is 0.292 e. The van der Waals surface area contributed by atoms with Gasteiger partial charge in [0.15, 0.2) is 5.82 Å². The van der Waals surface area contributed by atoms with Gasteiger partial charge in [-0.2, -0.15) is 9.78 Å². The summed E-state index contributed by atoms with van der Waals surface area (Å²) in [7, 11) is 0. The minimum atomic E-state index is -0.493. The zero-order valence-electron chi connectivity index (χ0n) is 17.7. The Kier molecular flexibility index (Phi) is 6.96. The summed E-state index contributed by atoms with van der Waals surface area (Å²) in [6.07, 6.45) is 5.94. The molecule has 168 valence electrons. The van der Waals surface area contributed by atoms with Crippen molar-refractivity contribution in [3.05, 3.63) is 64.0 Å². The number of anilines is 3. The third-order valence-corrected chi connectivity index (χ3v) is 5.69. The first-order valence-corrected chi connectivity index (χ1v) is 10.9. The predicted molar refractivity (Wildman–Crippen MR) is 122 cm³/mol. The number of benzene rings is 1. The maximum atomic E-state index is 13.1. The van der Waals surface area contributed by atoms with Crippen LogP contribution in [0.1, 0.15) is 19.8 Å². The van der Waals surface area contributed by atoms with E-state index in [-0.39, 0.29) is 5.02 Å². The van der Waals surface area contributed by atoms with Crippen LogP contribution in [0.25, 0.3) is 5.69 Å². The summed E-state index contributed by atoms with van der Waals surface area (Å²) >= 11 is 6.34. The van der Waals surface area contributed by atoms with Crippen LogP contribution >= 0.6 is 11.6 Å². The minimum Gasteiger partial charge on any atom is -0.382 e. The summed E-state index contributed by atoms with van der Waals surface area (Å²) in [5.74, 6) is 0.285. The highest BCUT2D eigenvalue weighted by Crippen LogP contribution is 2.24. The molecule has 0 bridgehead atoms. The monoisotopic (exact) mass is 458 g/mol. The maximum absolute atomic E-state index is 13.1. The second-order valence-electron chi connectivity index (χ2n) is 7.52. The number of nitrogens with one attached hydrogen (secondary N) is 1. The first kappa shape index (κ1) is 22.2. The van der Waals surface area contributed by atoms with Crippen molar-refractivity contribution in [2.75, 3.05) is 36.5 Å². The number of ether oxygens (including phenoxy) is 1. The van der Waals surface area contributed by atoms with Crippen LogP contribution in [-0.4, -0.2) is 46.1 Å². The molecule has 1 aliphatic rings. The van der Waals surface area contributed by atoms with Gasteiger partial charge in [-0.05, 0) is 49.9 Å². The molecule has 1 unspecified atom stereocenters. The van der Waals surface area contributed by atoms with Crippen molar-refractivity contribution in [2.24, 2.45) is 5.92 Å². The van der Waals surface area contributed by atoms with Gasteiger partial charge in [0.25, 0.3) is 5.56 Å². The van der Waals surface area contributed by atoms with E-state index < -0.39 is 11.4 Å². The molecule has 8 nitrogen and oxygen atoms in total. The molecule has 3 heterocycles. The van der Waals surface area contributed by atoms with Gasteiger partial charge < -0.3 is 15.0 Å². The Balaban J connectivity index is 1.51. The number of halogens is 2. The van der Waals surface area contributed by atoms with Crippen molar-refractivity contribution >= 4 is 28.9 Å². The van der Waals surface area contributed by atoms with E-state index in [2.05, 4.69) is 20.4 Å². The molecule has 1 aliphatic heterocycles. The highest BCUT2D eigenvalue weighted by Gasteiger charge is 2.16. The summed E-state index contributed by atoms with van der Waals surface area (Å²) < 4.78 is 19.9. The van der Waals surface area contributed by atoms with Crippen LogP contribution in [0.5, 0.6) is 0 Å². The van der Waals surface area contributed by atoms with Crippen LogP contribution in [0.4, 0.5) is 21.7 Å². The van der Waals surface area contributed by atoms with Gasteiger partial charge in [0.05, 0.1) is 36.6 Å². The lowest BCUT2D eigenvalue weighted by Gasteiger charge is -2.23. The van der Waals surface area contributed by atoms with E-state index in [0.717, 1.165) is 37.5 Å². The Morgan fingerprint density at radius 3 is 2.66 bits per heavy atom. The lowest BCUT2D eigenvalue weighted by molar-refractivity contribution is 0.0595. The fourth-order valence-electron chi connectivity index (χ4n) is 3.62. The Labute approximate surface area is 190 Å². The van der Waals surface area contributed by atoms with Crippen LogP contribution < -0.4 is 15.8 Å². The normalized spacial score (nSPS) is 16.0. The van der Waals surface area contributed by atoms with E-state index >= 15 is 0 Å². The lowest BCUT2D eigenvalue weighted by Crippen LogP contribution is -2.27. The van der Waals surface area contributed by atoms with E-state index in [4.69, 9.17) is 16.3 Å². The average molecular weight is 459 g/mol. The Hall–Kier alpha value is -3.04. The van der Waals surface area contributed by atoms with E-state index in [1.54, 1.807) is 18.3 Å². The Morgan fingerprint density at radius 2 is 2.00 bits per heavy atom. The van der Waals surface area contributed by atoms with Gasteiger partial charge in [0.2, 0.25) is 5.95 Å². The molecule has 1 atom stereocenters. The topological polar surface area (TPSA) is 85.2 Å². The predicted octanol–water partition coefficient (Wildman–Crippen LogP) is 3.81. The highest BCUT2D eigenvalue weighted by molar-refractivity contribution is 6.32. The van der Waals surface area contributed by atoms with Gasteiger partial charge >= 0.3 is 0 Å². The Bertz CT molecular complexity index is 1100. The summed E-state index contributed by atoms with van der Waals surface area (Å²) in [6.45, 7) is 4.72. The van der Waals surface area contributed by atoms with Crippen molar-refractivity contribution in [2.45, 2.75) is 19.8 Å². The molecule has 10 heteroatoms. The standard InChI is InChI=1S/C22H24ClFN6O2/c1-2-29(22-26-11-16(24)12-27-22)17-5-7-18(8-6-17)30-21(31)20(23)19(13-28-30)25-10-15-4-3-9-32-14-15/h5-8,11-13,15,25H,2-4,9-10,14H2,1H3. The van der Waals surface area contributed by atoms with Crippen LogP contribution in [0, 0.1) is 11.7 Å². The molecule has 1 saturated heterocycles. The van der Waals surface area contributed by atoms with Gasteiger partial charge in [0.1, 0.15) is 5.02 Å². The van der Waals surface area contributed by atoms with Crippen LogP contribution in [0.2, 0.25) is 5.02 Å². The fraction of sp³-hybridized carbons (Fsp3) is 0.364. The molecule has 0 amide bonds. The van der Waals surface area contributed by atoms with Crippen molar-refractivity contribution in [1.82, 2.24) is 19.7 Å². The van der Waals surface area contributed by atoms with Crippen molar-refractivity contribution in [3.63, 3.8) is 0 Å². The van der Waals surface area contributed by atoms with Gasteiger partial charge in [-0.25, -0.2) is 14.4 Å². The van der Waals surface area contributed by atoms with E-state index in [1.165, 1.54) is 4.68 Å². The third kappa shape index (κ3) is 4.89. The van der Waals surface area contributed by atoms with Crippen molar-refractivity contribution < 1.29 is 9.13 Å². The molecule has 0 saturated carbocycles. The lowest BCUT2D eigenvalue weighted by atomic mass is 10.0. The molecular formula is C22H24ClFN6O2. The van der Waals surface area contributed by atoms with Gasteiger partial charge in [-0.15, -0.1) is 0 Å². The molecule has 4 rings (SSSR count). The van der Waals surface area contributed by atoms with Crippen LogP contribution in [-0.2, 0) is 4.74 Å². The molecule has 2 aromatic heterocycles. The number of hydrogen-bond acceptors (Lipinski definition) is 7. The summed E-state index contributed by atoms with van der Waals surface area (Å²) in [5, 5.41) is 7.60. The smallest absolute Gasteiger partial charge is 0.292 e. The number of aromatic nitrogens is 4. The second kappa shape index (κ2) is 10.1. The van der Waals surface area contributed by atoms with E-state index in [9.17, 15) is 9.18 Å².